The summed E-state index contributed by atoms with van der Waals surface area (Å²) in [4.78, 5) is 2.87. The van der Waals surface area contributed by atoms with Crippen LogP contribution < -0.4 is 0 Å². The Labute approximate surface area is 107 Å². The molecule has 0 N–H and O–H groups in total. The van der Waals surface area contributed by atoms with Crippen LogP contribution in [0.3, 0.4) is 0 Å². The number of pyridine rings is 1. The SMILES string of the molecule is O=S(=O)(Cl)c1cc(Cl)nc(C(F)F)c1I. The van der Waals surface area contributed by atoms with Gasteiger partial charge in [0.1, 0.15) is 15.7 Å². The molecule has 0 unspecified atom stereocenters. The van der Waals surface area contributed by atoms with E-state index in [9.17, 15) is 17.2 Å². The highest BCUT2D eigenvalue weighted by Gasteiger charge is 2.23. The van der Waals surface area contributed by atoms with Gasteiger partial charge in [0, 0.05) is 10.7 Å². The predicted octanol–water partition coefficient (Wildman–Crippen LogP) is 3.20. The number of alkyl halides is 2. The number of hydrogen-bond donors (Lipinski definition) is 0. The van der Waals surface area contributed by atoms with Crippen molar-refractivity contribution in [2.45, 2.75) is 11.3 Å². The second kappa shape index (κ2) is 4.64. The van der Waals surface area contributed by atoms with Crippen LogP contribution in [0.1, 0.15) is 12.1 Å². The van der Waals surface area contributed by atoms with E-state index >= 15 is 0 Å². The molecule has 1 aromatic heterocycles. The molecule has 0 saturated heterocycles. The largest absolute Gasteiger partial charge is 0.281 e. The molecule has 9 heteroatoms. The van der Waals surface area contributed by atoms with Gasteiger partial charge in [-0.3, -0.25) is 0 Å². The number of nitrogens with zero attached hydrogens (tertiary/aromatic N) is 1. The summed E-state index contributed by atoms with van der Waals surface area (Å²) in [5.41, 5.74) is -0.692. The smallest absolute Gasteiger partial charge is 0.234 e. The molecule has 1 aromatic rings. The van der Waals surface area contributed by atoms with Gasteiger partial charge in [-0.15, -0.1) is 0 Å². The molecule has 0 fully saturated rings. The summed E-state index contributed by atoms with van der Waals surface area (Å²) >= 11 is 6.83. The summed E-state index contributed by atoms with van der Waals surface area (Å²) in [7, 11) is 0.943. The van der Waals surface area contributed by atoms with Gasteiger partial charge in [0.15, 0.2) is 0 Å². The molecule has 84 valence electrons. The van der Waals surface area contributed by atoms with Crippen LogP contribution in [0.25, 0.3) is 0 Å². The molecule has 0 aliphatic rings. The minimum atomic E-state index is -4.11. The summed E-state index contributed by atoms with van der Waals surface area (Å²) in [6.45, 7) is 0. The van der Waals surface area contributed by atoms with Crippen LogP contribution in [0.2, 0.25) is 5.15 Å². The van der Waals surface area contributed by atoms with Crippen molar-refractivity contribution >= 4 is 53.9 Å². The van der Waals surface area contributed by atoms with E-state index in [1.54, 1.807) is 0 Å². The van der Waals surface area contributed by atoms with Crippen molar-refractivity contribution in [1.29, 1.82) is 0 Å². The van der Waals surface area contributed by atoms with E-state index in [1.165, 1.54) is 22.6 Å². The fraction of sp³-hybridized carbons (Fsp3) is 0.167. The first-order valence-electron chi connectivity index (χ1n) is 3.32. The number of hydrogen-bond acceptors (Lipinski definition) is 3. The molecular formula is C6H2Cl2F2INO2S. The molecule has 0 aromatic carbocycles. The van der Waals surface area contributed by atoms with Crippen LogP contribution in [-0.2, 0) is 9.05 Å². The minimum absolute atomic E-state index is 0.220. The fourth-order valence-electron chi connectivity index (χ4n) is 0.816. The third-order valence-corrected chi connectivity index (χ3v) is 4.43. The van der Waals surface area contributed by atoms with E-state index in [0.717, 1.165) is 6.07 Å². The summed E-state index contributed by atoms with van der Waals surface area (Å²) in [6, 6.07) is 0.928. The molecule has 0 amide bonds. The summed E-state index contributed by atoms with van der Waals surface area (Å²) in [6.07, 6.45) is -2.91. The second-order valence-corrected chi connectivity index (χ2v) is 6.38. The minimum Gasteiger partial charge on any atom is -0.234 e. The Balaban J connectivity index is 3.56. The maximum atomic E-state index is 12.4. The van der Waals surface area contributed by atoms with E-state index < -0.39 is 26.1 Å². The predicted molar refractivity (Wildman–Crippen MR) is 60.0 cm³/mol. The summed E-state index contributed by atoms with van der Waals surface area (Å²) in [5.74, 6) is 0. The lowest BCUT2D eigenvalue weighted by molar-refractivity contribution is 0.144. The summed E-state index contributed by atoms with van der Waals surface area (Å²) < 4.78 is 46.6. The molecular weight excluding hydrogens is 386 g/mol. The average molecular weight is 388 g/mol. The van der Waals surface area contributed by atoms with Crippen LogP contribution in [0.5, 0.6) is 0 Å². The Morgan fingerprint density at radius 3 is 2.40 bits per heavy atom. The van der Waals surface area contributed by atoms with Crippen molar-refractivity contribution in [3.8, 4) is 0 Å². The van der Waals surface area contributed by atoms with E-state index in [1.807, 2.05) is 0 Å². The van der Waals surface area contributed by atoms with Crippen molar-refractivity contribution in [3.05, 3.63) is 20.5 Å². The zero-order valence-electron chi connectivity index (χ0n) is 6.72. The molecule has 15 heavy (non-hydrogen) atoms. The van der Waals surface area contributed by atoms with Gasteiger partial charge in [-0.1, -0.05) is 11.6 Å². The molecule has 0 radical (unpaired) electrons. The number of halogens is 5. The molecule has 0 aliphatic heterocycles. The first-order chi connectivity index (χ1) is 6.73. The maximum absolute atomic E-state index is 12.4. The van der Waals surface area contributed by atoms with Gasteiger partial charge < -0.3 is 0 Å². The average Bonchev–Trinajstić information content (AvgIpc) is 2.06. The van der Waals surface area contributed by atoms with Gasteiger partial charge in [-0.25, -0.2) is 22.2 Å². The van der Waals surface area contributed by atoms with E-state index in [-0.39, 0.29) is 8.72 Å². The van der Waals surface area contributed by atoms with Crippen molar-refractivity contribution < 1.29 is 17.2 Å². The van der Waals surface area contributed by atoms with Crippen molar-refractivity contribution in [3.63, 3.8) is 0 Å². The fourth-order valence-corrected chi connectivity index (χ4v) is 3.79. The number of aromatic nitrogens is 1. The summed E-state index contributed by atoms with van der Waals surface area (Å²) in [5, 5.41) is -0.343. The quantitative estimate of drug-likeness (QED) is 0.444. The Kier molecular flexibility index (Phi) is 4.13. The van der Waals surface area contributed by atoms with Gasteiger partial charge in [0.25, 0.3) is 15.5 Å². The van der Waals surface area contributed by atoms with E-state index in [0.29, 0.717) is 0 Å². The highest BCUT2D eigenvalue weighted by Crippen LogP contribution is 2.31. The lowest BCUT2D eigenvalue weighted by Gasteiger charge is -2.06. The van der Waals surface area contributed by atoms with Crippen molar-refractivity contribution in [2.24, 2.45) is 0 Å². The first kappa shape index (κ1) is 13.3. The third-order valence-electron chi connectivity index (χ3n) is 1.39. The van der Waals surface area contributed by atoms with Crippen molar-refractivity contribution in [1.82, 2.24) is 4.98 Å². The standard InChI is InChI=1S/C6H2Cl2F2INO2S/c7-3-1-2(15(8,13)14)4(11)5(12-3)6(9)10/h1,6H. The Morgan fingerprint density at radius 2 is 2.00 bits per heavy atom. The molecule has 0 bridgehead atoms. The van der Waals surface area contributed by atoms with Gasteiger partial charge in [-0.05, 0) is 28.7 Å². The molecule has 1 heterocycles. The van der Waals surface area contributed by atoms with Crippen LogP contribution in [-0.4, -0.2) is 13.4 Å². The Bertz CT molecular complexity index is 494. The molecule has 1 rings (SSSR count). The van der Waals surface area contributed by atoms with Crippen LogP contribution >= 0.6 is 44.9 Å². The van der Waals surface area contributed by atoms with Crippen LogP contribution in [0.4, 0.5) is 8.78 Å². The molecule has 3 nitrogen and oxygen atoms in total. The third kappa shape index (κ3) is 3.11. The molecule has 0 aliphatic carbocycles. The highest BCUT2D eigenvalue weighted by atomic mass is 127. The first-order valence-corrected chi connectivity index (χ1v) is 7.09. The van der Waals surface area contributed by atoms with Crippen LogP contribution in [0, 0.1) is 3.57 Å². The maximum Gasteiger partial charge on any atom is 0.281 e. The molecule has 0 atom stereocenters. The van der Waals surface area contributed by atoms with Crippen molar-refractivity contribution in [2.75, 3.05) is 0 Å². The van der Waals surface area contributed by atoms with Crippen LogP contribution in [0.15, 0.2) is 11.0 Å². The van der Waals surface area contributed by atoms with E-state index in [4.69, 9.17) is 22.3 Å². The normalized spacial score (nSPS) is 12.1. The zero-order valence-corrected chi connectivity index (χ0v) is 11.2. The lowest BCUT2D eigenvalue weighted by atomic mass is 10.4. The Morgan fingerprint density at radius 1 is 1.47 bits per heavy atom. The molecule has 0 spiro atoms. The van der Waals surface area contributed by atoms with Gasteiger partial charge in [0.05, 0.1) is 3.57 Å². The Hall–Kier alpha value is 0.270. The topological polar surface area (TPSA) is 47.0 Å². The lowest BCUT2D eigenvalue weighted by Crippen LogP contribution is -2.02. The monoisotopic (exact) mass is 387 g/mol. The van der Waals surface area contributed by atoms with Gasteiger partial charge in [0.2, 0.25) is 0 Å². The van der Waals surface area contributed by atoms with Gasteiger partial charge >= 0.3 is 0 Å². The second-order valence-electron chi connectivity index (χ2n) is 2.38. The molecule has 0 saturated carbocycles. The van der Waals surface area contributed by atoms with Gasteiger partial charge in [-0.2, -0.15) is 0 Å². The highest BCUT2D eigenvalue weighted by molar-refractivity contribution is 14.1. The van der Waals surface area contributed by atoms with E-state index in [2.05, 4.69) is 4.98 Å². The zero-order chi connectivity index (χ0) is 11.8. The number of rotatable bonds is 2.